The Labute approximate surface area is 148 Å². The van der Waals surface area contributed by atoms with Crippen LogP contribution >= 0.6 is 22.6 Å². The summed E-state index contributed by atoms with van der Waals surface area (Å²) in [4.78, 5) is 4.37. The summed E-state index contributed by atoms with van der Waals surface area (Å²) in [5.41, 5.74) is 2.19. The standard InChI is InChI=1S/C16H14INO4S/c1-10-2-7-15(23(19,20)21)13(8-10)14-9-22-16(18-14)11-3-5-12(17)6-4-11/h2-8,14H,9H2,1H3,(H,19,20,21). The first kappa shape index (κ1) is 16.4. The molecule has 0 aliphatic carbocycles. The smallest absolute Gasteiger partial charge is 0.294 e. The molecule has 0 bridgehead atoms. The van der Waals surface area contributed by atoms with E-state index in [1.54, 1.807) is 12.1 Å². The molecule has 1 atom stereocenters. The third-order valence-electron chi connectivity index (χ3n) is 3.54. The van der Waals surface area contributed by atoms with E-state index in [9.17, 15) is 13.0 Å². The molecule has 0 radical (unpaired) electrons. The van der Waals surface area contributed by atoms with E-state index >= 15 is 0 Å². The Morgan fingerprint density at radius 1 is 1.22 bits per heavy atom. The average Bonchev–Trinajstić information content (AvgIpc) is 2.96. The number of ether oxygens (including phenoxy) is 1. The van der Waals surface area contributed by atoms with Gasteiger partial charge in [-0.15, -0.1) is 0 Å². The minimum Gasteiger partial charge on any atom is -0.475 e. The molecule has 5 nitrogen and oxygen atoms in total. The van der Waals surface area contributed by atoms with Crippen molar-refractivity contribution < 1.29 is 17.7 Å². The van der Waals surface area contributed by atoms with E-state index in [0.717, 1.165) is 14.7 Å². The van der Waals surface area contributed by atoms with E-state index in [0.29, 0.717) is 11.5 Å². The van der Waals surface area contributed by atoms with Crippen molar-refractivity contribution in [2.45, 2.75) is 17.9 Å². The van der Waals surface area contributed by atoms with Crippen LogP contribution in [0.2, 0.25) is 0 Å². The van der Waals surface area contributed by atoms with E-state index in [4.69, 9.17) is 4.74 Å². The zero-order valence-corrected chi connectivity index (χ0v) is 15.2. The molecule has 3 rings (SSSR count). The fourth-order valence-electron chi connectivity index (χ4n) is 2.45. The Bertz CT molecular complexity index is 875. The maximum absolute atomic E-state index is 11.6. The van der Waals surface area contributed by atoms with Crippen molar-refractivity contribution >= 4 is 38.6 Å². The van der Waals surface area contributed by atoms with Crippen LogP contribution in [-0.2, 0) is 14.9 Å². The highest BCUT2D eigenvalue weighted by molar-refractivity contribution is 14.1. The summed E-state index contributed by atoms with van der Waals surface area (Å²) >= 11 is 2.21. The first-order valence-corrected chi connectivity index (χ1v) is 9.41. The molecule has 0 saturated heterocycles. The normalized spacial score (nSPS) is 17.7. The number of rotatable bonds is 3. The van der Waals surface area contributed by atoms with Crippen molar-refractivity contribution in [1.29, 1.82) is 0 Å². The number of nitrogens with zero attached hydrogens (tertiary/aromatic N) is 1. The third-order valence-corrected chi connectivity index (χ3v) is 5.19. The Kier molecular flexibility index (Phi) is 4.43. The largest absolute Gasteiger partial charge is 0.475 e. The Morgan fingerprint density at radius 2 is 1.91 bits per heavy atom. The molecule has 1 N–H and O–H groups in total. The lowest BCUT2D eigenvalue weighted by molar-refractivity contribution is 0.318. The average molecular weight is 443 g/mol. The molecule has 1 aliphatic rings. The van der Waals surface area contributed by atoms with Crippen LogP contribution in [0.25, 0.3) is 0 Å². The SMILES string of the molecule is Cc1ccc(S(=O)(=O)O)c(C2COC(c3ccc(I)cc3)=N2)c1. The van der Waals surface area contributed by atoms with Gasteiger partial charge < -0.3 is 4.74 Å². The quantitative estimate of drug-likeness (QED) is 0.583. The molecule has 1 aliphatic heterocycles. The number of hydrogen-bond acceptors (Lipinski definition) is 4. The summed E-state index contributed by atoms with van der Waals surface area (Å²) in [6, 6.07) is 12.0. The Hall–Kier alpha value is -1.45. The van der Waals surface area contributed by atoms with Crippen molar-refractivity contribution in [3.8, 4) is 0 Å². The fourth-order valence-corrected chi connectivity index (χ4v) is 3.54. The van der Waals surface area contributed by atoms with Gasteiger partial charge in [0.05, 0.1) is 4.90 Å². The van der Waals surface area contributed by atoms with Gasteiger partial charge in [0.1, 0.15) is 12.6 Å². The van der Waals surface area contributed by atoms with Gasteiger partial charge in [0.15, 0.2) is 0 Å². The van der Waals surface area contributed by atoms with Crippen molar-refractivity contribution in [3.63, 3.8) is 0 Å². The Balaban J connectivity index is 2.01. The second-order valence-corrected chi connectivity index (χ2v) is 7.92. The van der Waals surface area contributed by atoms with Crippen LogP contribution in [0.4, 0.5) is 0 Å². The molecule has 0 amide bonds. The number of aryl methyl sites for hydroxylation is 1. The van der Waals surface area contributed by atoms with Crippen LogP contribution in [0.15, 0.2) is 52.4 Å². The highest BCUT2D eigenvalue weighted by atomic mass is 127. The minimum absolute atomic E-state index is 0.121. The fraction of sp³-hybridized carbons (Fsp3) is 0.188. The molecule has 2 aromatic rings. The van der Waals surface area contributed by atoms with Gasteiger partial charge in [-0.05, 0) is 59.8 Å². The monoisotopic (exact) mass is 443 g/mol. The lowest BCUT2D eigenvalue weighted by Gasteiger charge is -2.11. The molecule has 0 saturated carbocycles. The van der Waals surface area contributed by atoms with E-state index < -0.39 is 16.2 Å². The second kappa shape index (κ2) is 6.21. The van der Waals surface area contributed by atoms with Gasteiger partial charge in [-0.25, -0.2) is 4.99 Å². The molecule has 2 aromatic carbocycles. The number of hydrogen-bond donors (Lipinski definition) is 1. The Morgan fingerprint density at radius 3 is 2.57 bits per heavy atom. The molecular formula is C16H14INO4S. The zero-order valence-electron chi connectivity index (χ0n) is 12.2. The topological polar surface area (TPSA) is 76.0 Å². The first-order chi connectivity index (χ1) is 10.8. The number of aliphatic imine (C=N–C) groups is 1. The van der Waals surface area contributed by atoms with Crippen LogP contribution in [0.3, 0.4) is 0 Å². The highest BCUT2D eigenvalue weighted by Gasteiger charge is 2.27. The van der Waals surface area contributed by atoms with Crippen molar-refractivity contribution in [1.82, 2.24) is 0 Å². The van der Waals surface area contributed by atoms with Gasteiger partial charge in [-0.2, -0.15) is 8.42 Å². The summed E-state index contributed by atoms with van der Waals surface area (Å²) in [7, 11) is -4.30. The van der Waals surface area contributed by atoms with Crippen LogP contribution < -0.4 is 0 Å². The highest BCUT2D eigenvalue weighted by Crippen LogP contribution is 2.31. The number of halogens is 1. The molecule has 120 valence electrons. The maximum atomic E-state index is 11.6. The van der Waals surface area contributed by atoms with Crippen molar-refractivity contribution in [2.24, 2.45) is 4.99 Å². The van der Waals surface area contributed by atoms with Gasteiger partial charge in [-0.1, -0.05) is 17.7 Å². The molecule has 7 heteroatoms. The van der Waals surface area contributed by atoms with E-state index in [1.165, 1.54) is 6.07 Å². The lowest BCUT2D eigenvalue weighted by Crippen LogP contribution is -2.08. The third kappa shape index (κ3) is 3.56. The van der Waals surface area contributed by atoms with E-state index in [1.807, 2.05) is 31.2 Å². The summed E-state index contributed by atoms with van der Waals surface area (Å²) in [6.07, 6.45) is 0. The minimum atomic E-state index is -4.30. The van der Waals surface area contributed by atoms with E-state index in [2.05, 4.69) is 27.6 Å². The van der Waals surface area contributed by atoms with Crippen LogP contribution in [0.1, 0.15) is 22.7 Å². The van der Waals surface area contributed by atoms with Gasteiger partial charge in [-0.3, -0.25) is 4.55 Å². The van der Waals surface area contributed by atoms with Crippen LogP contribution in [-0.4, -0.2) is 25.5 Å². The maximum Gasteiger partial charge on any atom is 0.294 e. The molecule has 0 fully saturated rings. The first-order valence-electron chi connectivity index (χ1n) is 6.89. The number of benzene rings is 2. The lowest BCUT2D eigenvalue weighted by atomic mass is 10.1. The molecule has 0 aromatic heterocycles. The predicted octanol–water partition coefficient (Wildman–Crippen LogP) is 3.36. The van der Waals surface area contributed by atoms with Gasteiger partial charge in [0.2, 0.25) is 5.90 Å². The van der Waals surface area contributed by atoms with Crippen LogP contribution in [0.5, 0.6) is 0 Å². The summed E-state index contributed by atoms with van der Waals surface area (Å²) in [6.45, 7) is 2.10. The molecule has 1 unspecified atom stereocenters. The summed E-state index contributed by atoms with van der Waals surface area (Å²) in [5, 5.41) is 0. The second-order valence-electron chi connectivity index (χ2n) is 5.28. The zero-order chi connectivity index (χ0) is 16.6. The summed E-state index contributed by atoms with van der Waals surface area (Å²) in [5.74, 6) is 0.481. The van der Waals surface area contributed by atoms with Crippen LogP contribution in [0, 0.1) is 10.5 Å². The molecule has 23 heavy (non-hydrogen) atoms. The molecule has 1 heterocycles. The van der Waals surface area contributed by atoms with Gasteiger partial charge >= 0.3 is 0 Å². The molecular weight excluding hydrogens is 429 g/mol. The summed E-state index contributed by atoms with van der Waals surface area (Å²) < 4.78 is 39.3. The molecule has 0 spiro atoms. The van der Waals surface area contributed by atoms with Gasteiger partial charge in [0, 0.05) is 14.7 Å². The van der Waals surface area contributed by atoms with E-state index in [-0.39, 0.29) is 11.5 Å². The van der Waals surface area contributed by atoms with Gasteiger partial charge in [0.25, 0.3) is 10.1 Å². The predicted molar refractivity (Wildman–Crippen MR) is 95.4 cm³/mol. The van der Waals surface area contributed by atoms with Crippen molar-refractivity contribution in [3.05, 3.63) is 62.7 Å². The van der Waals surface area contributed by atoms with Crippen molar-refractivity contribution in [2.75, 3.05) is 6.61 Å².